The second-order valence-corrected chi connectivity index (χ2v) is 11.1. The number of imidazole rings is 1. The molecule has 3 aromatic heterocycles. The van der Waals surface area contributed by atoms with Gasteiger partial charge >= 0.3 is 0 Å². The number of hydrogen-bond acceptors (Lipinski definition) is 8. The van der Waals surface area contributed by atoms with E-state index in [1.807, 2.05) is 26.4 Å². The molecule has 190 valence electrons. The summed E-state index contributed by atoms with van der Waals surface area (Å²) in [5.74, 6) is 0.611. The maximum Gasteiger partial charge on any atom is 0.259 e. The van der Waals surface area contributed by atoms with Crippen molar-refractivity contribution in [2.75, 3.05) is 43.2 Å². The highest BCUT2D eigenvalue weighted by molar-refractivity contribution is 7.88. The number of nitrogens with one attached hydrogen (secondary N) is 3. The van der Waals surface area contributed by atoms with Crippen molar-refractivity contribution in [3.8, 4) is 0 Å². The van der Waals surface area contributed by atoms with Gasteiger partial charge in [-0.15, -0.1) is 0 Å². The fraction of sp³-hybridized carbons (Fsp3) is 0.391. The van der Waals surface area contributed by atoms with Gasteiger partial charge in [-0.2, -0.15) is 5.10 Å². The van der Waals surface area contributed by atoms with Crippen molar-refractivity contribution in [2.45, 2.75) is 13.5 Å². The van der Waals surface area contributed by atoms with Gasteiger partial charge in [0.1, 0.15) is 5.52 Å². The Morgan fingerprint density at radius 1 is 1.17 bits per heavy atom. The summed E-state index contributed by atoms with van der Waals surface area (Å²) in [5, 5.41) is 11.6. The molecule has 0 saturated carbocycles. The number of benzene rings is 1. The van der Waals surface area contributed by atoms with E-state index >= 15 is 0 Å². The number of anilines is 2. The van der Waals surface area contributed by atoms with Crippen LogP contribution in [0.5, 0.6) is 0 Å². The molecule has 0 bridgehead atoms. The molecule has 1 aromatic carbocycles. The third kappa shape index (κ3) is 4.76. The maximum atomic E-state index is 13.3. The number of hydrogen-bond donors (Lipinski definition) is 3. The van der Waals surface area contributed by atoms with E-state index in [1.54, 1.807) is 34.5 Å². The monoisotopic (exact) mass is 511 g/mol. The predicted molar refractivity (Wildman–Crippen MR) is 138 cm³/mol. The Hall–Kier alpha value is -3.55. The van der Waals surface area contributed by atoms with E-state index in [4.69, 9.17) is 0 Å². The molecule has 1 aliphatic rings. The van der Waals surface area contributed by atoms with E-state index in [9.17, 15) is 13.2 Å². The van der Waals surface area contributed by atoms with Crippen LogP contribution < -0.4 is 20.3 Å². The first kappa shape index (κ1) is 24.2. The number of carbonyl (C=O) groups is 1. The molecule has 13 heteroatoms. The molecule has 1 aliphatic heterocycles. The summed E-state index contributed by atoms with van der Waals surface area (Å²) in [6, 6.07) is 3.77. The van der Waals surface area contributed by atoms with Crippen molar-refractivity contribution < 1.29 is 13.2 Å². The molecule has 1 amide bonds. The van der Waals surface area contributed by atoms with Crippen LogP contribution in [0.1, 0.15) is 21.7 Å². The summed E-state index contributed by atoms with van der Waals surface area (Å²) in [5.41, 5.74) is 3.76. The number of aryl methyl sites for hydroxylation is 2. The first-order chi connectivity index (χ1) is 17.1. The van der Waals surface area contributed by atoms with E-state index in [0.717, 1.165) is 37.0 Å². The second-order valence-electron chi connectivity index (χ2n) is 9.26. The number of carbonyl (C=O) groups excluding carboxylic acids is 1. The topological polar surface area (TPSA) is 139 Å². The summed E-state index contributed by atoms with van der Waals surface area (Å²) in [6.07, 6.45) is 6.47. The molecule has 5 rings (SSSR count). The Labute approximate surface area is 208 Å². The molecule has 0 spiro atoms. The molecule has 0 atom stereocenters. The first-order valence-electron chi connectivity index (χ1n) is 11.6. The summed E-state index contributed by atoms with van der Waals surface area (Å²) < 4.78 is 29.0. The SMILES string of the molecule is CNCC1CN(c2ccc(C(=O)Nc3cn4cc(C)nc(CNS(C)(=O)=O)c4n3)c3nn(C)cc23)C1. The maximum absolute atomic E-state index is 13.3. The second kappa shape index (κ2) is 9.15. The number of sulfonamides is 1. The van der Waals surface area contributed by atoms with Crippen LogP contribution in [-0.2, 0) is 23.6 Å². The van der Waals surface area contributed by atoms with E-state index in [-0.39, 0.29) is 12.5 Å². The summed E-state index contributed by atoms with van der Waals surface area (Å²) in [4.78, 5) is 24.5. The van der Waals surface area contributed by atoms with Gasteiger partial charge in [-0.3, -0.25) is 14.5 Å². The van der Waals surface area contributed by atoms with E-state index < -0.39 is 10.0 Å². The van der Waals surface area contributed by atoms with E-state index in [1.165, 1.54) is 0 Å². The third-order valence-corrected chi connectivity index (χ3v) is 6.84. The molecule has 4 heterocycles. The van der Waals surface area contributed by atoms with E-state index in [0.29, 0.717) is 39.9 Å². The lowest BCUT2D eigenvalue weighted by Gasteiger charge is -2.41. The number of aromatic nitrogens is 5. The largest absolute Gasteiger partial charge is 0.370 e. The zero-order valence-corrected chi connectivity index (χ0v) is 21.4. The molecule has 4 aromatic rings. The Morgan fingerprint density at radius 2 is 1.94 bits per heavy atom. The molecule has 0 aliphatic carbocycles. The molecule has 1 saturated heterocycles. The lowest BCUT2D eigenvalue weighted by molar-refractivity contribution is 0.102. The van der Waals surface area contributed by atoms with Gasteiger partial charge in [0.25, 0.3) is 5.91 Å². The van der Waals surface area contributed by atoms with Gasteiger partial charge in [-0.1, -0.05) is 0 Å². The van der Waals surface area contributed by atoms with Crippen LogP contribution in [0.15, 0.2) is 30.7 Å². The Kier molecular flexibility index (Phi) is 6.14. The van der Waals surface area contributed by atoms with Crippen molar-refractivity contribution in [3.05, 3.63) is 47.7 Å². The third-order valence-electron chi connectivity index (χ3n) is 6.17. The fourth-order valence-corrected chi connectivity index (χ4v) is 5.01. The Bertz CT molecular complexity index is 1570. The predicted octanol–water partition coefficient (Wildman–Crippen LogP) is 0.882. The van der Waals surface area contributed by atoms with E-state index in [2.05, 4.69) is 35.3 Å². The summed E-state index contributed by atoms with van der Waals surface area (Å²) in [7, 11) is 0.407. The summed E-state index contributed by atoms with van der Waals surface area (Å²) in [6.45, 7) is 4.70. The zero-order valence-electron chi connectivity index (χ0n) is 20.6. The number of nitrogens with zero attached hydrogens (tertiary/aromatic N) is 6. The molecule has 3 N–H and O–H groups in total. The molecule has 36 heavy (non-hydrogen) atoms. The number of rotatable bonds is 8. The molecular weight excluding hydrogens is 482 g/mol. The van der Waals surface area contributed by atoms with Gasteiger partial charge in [0.2, 0.25) is 10.0 Å². The quantitative estimate of drug-likeness (QED) is 0.317. The van der Waals surface area contributed by atoms with Gasteiger partial charge in [0, 0.05) is 56.1 Å². The molecule has 0 unspecified atom stereocenters. The van der Waals surface area contributed by atoms with Gasteiger partial charge in [-0.25, -0.2) is 18.1 Å². The van der Waals surface area contributed by atoms with Crippen LogP contribution in [0.3, 0.4) is 0 Å². The lowest BCUT2D eigenvalue weighted by Crippen LogP contribution is -2.50. The Morgan fingerprint density at radius 3 is 2.67 bits per heavy atom. The van der Waals surface area contributed by atoms with Crippen molar-refractivity contribution in [3.63, 3.8) is 0 Å². The normalized spacial score (nSPS) is 14.5. The zero-order chi connectivity index (χ0) is 25.6. The highest BCUT2D eigenvalue weighted by Gasteiger charge is 2.29. The number of fused-ring (bicyclic) bond motifs is 2. The minimum Gasteiger partial charge on any atom is -0.370 e. The number of amides is 1. The van der Waals surface area contributed by atoms with Crippen LogP contribution in [0.25, 0.3) is 16.6 Å². The minimum absolute atomic E-state index is 0.00386. The van der Waals surface area contributed by atoms with Gasteiger partial charge in [0.15, 0.2) is 11.5 Å². The van der Waals surface area contributed by atoms with Crippen molar-refractivity contribution in [2.24, 2.45) is 13.0 Å². The minimum atomic E-state index is -3.40. The molecule has 1 fully saturated rings. The lowest BCUT2D eigenvalue weighted by atomic mass is 9.97. The van der Waals surface area contributed by atoms with Crippen LogP contribution in [0, 0.1) is 12.8 Å². The molecule has 0 radical (unpaired) electrons. The van der Waals surface area contributed by atoms with Gasteiger partial charge in [-0.05, 0) is 26.1 Å². The van der Waals surface area contributed by atoms with Crippen LogP contribution in [0.4, 0.5) is 11.5 Å². The van der Waals surface area contributed by atoms with Crippen LogP contribution in [-0.4, -0.2) is 71.4 Å². The van der Waals surface area contributed by atoms with Gasteiger partial charge in [0.05, 0.1) is 35.9 Å². The average Bonchev–Trinajstić information content (AvgIpc) is 3.35. The summed E-state index contributed by atoms with van der Waals surface area (Å²) >= 11 is 0. The fourth-order valence-electron chi connectivity index (χ4n) is 4.61. The van der Waals surface area contributed by atoms with Crippen molar-refractivity contribution >= 4 is 44.0 Å². The van der Waals surface area contributed by atoms with Crippen LogP contribution >= 0.6 is 0 Å². The first-order valence-corrected chi connectivity index (χ1v) is 13.5. The van der Waals surface area contributed by atoms with Crippen molar-refractivity contribution in [1.29, 1.82) is 0 Å². The average molecular weight is 512 g/mol. The highest BCUT2D eigenvalue weighted by atomic mass is 32.2. The highest BCUT2D eigenvalue weighted by Crippen LogP contribution is 2.33. The van der Waals surface area contributed by atoms with Gasteiger partial charge < -0.3 is 19.9 Å². The standard InChI is InChI=1S/C23H29N9O3S/c1-14-9-32-13-20(27-22(32)18(26-14)8-25-36(4,34)35)28-23(33)16-5-6-19(17-12-30(3)29-21(16)17)31-10-15(11-31)7-24-2/h5-6,9,12-13,15,24-25H,7-8,10-11H2,1-4H3,(H,28,33). The smallest absolute Gasteiger partial charge is 0.259 e. The Balaban J connectivity index is 1.42. The van der Waals surface area contributed by atoms with Crippen LogP contribution in [0.2, 0.25) is 0 Å². The molecular formula is C23H29N9O3S. The molecule has 12 nitrogen and oxygen atoms in total. The van der Waals surface area contributed by atoms with Crippen molar-refractivity contribution in [1.82, 2.24) is 34.2 Å².